The van der Waals surface area contributed by atoms with Gasteiger partial charge in [0, 0.05) is 16.6 Å². The number of carbonyl (C=O) groups excluding carboxylic acids is 1. The standard InChI is InChI=1S/C10H6BrNO2/c11-7-1-3-8(4-2-7)12-9-5-6-10(13)14-9/h1-6H. The molecule has 1 heterocycles. The highest BCUT2D eigenvalue weighted by Crippen LogP contribution is 2.17. The molecule has 0 bridgehead atoms. The molecule has 0 saturated carbocycles. The minimum atomic E-state index is -0.374. The predicted octanol–water partition coefficient (Wildman–Crippen LogP) is 2.59. The first kappa shape index (κ1) is 9.15. The Morgan fingerprint density at radius 1 is 1.14 bits per heavy atom. The van der Waals surface area contributed by atoms with Gasteiger partial charge in [-0.2, -0.15) is 0 Å². The molecule has 1 aromatic rings. The fourth-order valence-corrected chi connectivity index (χ4v) is 1.28. The second kappa shape index (κ2) is 3.75. The van der Waals surface area contributed by atoms with Gasteiger partial charge >= 0.3 is 5.97 Å². The molecule has 0 N–H and O–H groups in total. The van der Waals surface area contributed by atoms with E-state index in [0.717, 1.165) is 10.2 Å². The molecule has 2 rings (SSSR count). The van der Waals surface area contributed by atoms with Crippen LogP contribution >= 0.6 is 15.9 Å². The van der Waals surface area contributed by atoms with E-state index >= 15 is 0 Å². The van der Waals surface area contributed by atoms with Gasteiger partial charge in [-0.15, -0.1) is 0 Å². The molecule has 0 aliphatic carbocycles. The lowest BCUT2D eigenvalue weighted by atomic mass is 10.3. The Morgan fingerprint density at radius 3 is 2.43 bits per heavy atom. The lowest BCUT2D eigenvalue weighted by Crippen LogP contribution is -1.98. The number of aliphatic imine (C=N–C) groups is 1. The number of halogens is 1. The molecule has 0 amide bonds. The van der Waals surface area contributed by atoms with E-state index < -0.39 is 0 Å². The molecule has 3 nitrogen and oxygen atoms in total. The van der Waals surface area contributed by atoms with Gasteiger partial charge in [-0.25, -0.2) is 9.79 Å². The van der Waals surface area contributed by atoms with E-state index in [0.29, 0.717) is 5.90 Å². The maximum atomic E-state index is 10.7. The van der Waals surface area contributed by atoms with Crippen molar-refractivity contribution < 1.29 is 9.53 Å². The summed E-state index contributed by atoms with van der Waals surface area (Å²) in [6, 6.07) is 7.41. The number of rotatable bonds is 1. The number of benzene rings is 1. The molecule has 0 fully saturated rings. The first-order valence-corrected chi connectivity index (χ1v) is 4.77. The highest BCUT2D eigenvalue weighted by Gasteiger charge is 2.10. The number of carbonyl (C=O) groups is 1. The summed E-state index contributed by atoms with van der Waals surface area (Å²) in [7, 11) is 0. The van der Waals surface area contributed by atoms with E-state index in [1.807, 2.05) is 24.3 Å². The number of hydrogen-bond donors (Lipinski definition) is 0. The molecule has 0 radical (unpaired) electrons. The molecule has 1 aliphatic rings. The van der Waals surface area contributed by atoms with Crippen molar-refractivity contribution in [1.29, 1.82) is 0 Å². The van der Waals surface area contributed by atoms with Crippen molar-refractivity contribution in [3.8, 4) is 0 Å². The summed E-state index contributed by atoms with van der Waals surface area (Å²) in [5.74, 6) is -0.0433. The van der Waals surface area contributed by atoms with Crippen molar-refractivity contribution in [1.82, 2.24) is 0 Å². The number of hydrogen-bond acceptors (Lipinski definition) is 3. The minimum Gasteiger partial charge on any atom is -0.404 e. The zero-order valence-electron chi connectivity index (χ0n) is 7.11. The molecule has 0 unspecified atom stereocenters. The fourth-order valence-electron chi connectivity index (χ4n) is 1.01. The summed E-state index contributed by atoms with van der Waals surface area (Å²) in [6.45, 7) is 0. The topological polar surface area (TPSA) is 38.7 Å². The fraction of sp³-hybridized carbons (Fsp3) is 0. The van der Waals surface area contributed by atoms with Crippen LogP contribution in [0.1, 0.15) is 0 Å². The maximum absolute atomic E-state index is 10.7. The average molecular weight is 252 g/mol. The van der Waals surface area contributed by atoms with Crippen LogP contribution in [0.3, 0.4) is 0 Å². The van der Waals surface area contributed by atoms with Crippen LogP contribution in [0.4, 0.5) is 5.69 Å². The summed E-state index contributed by atoms with van der Waals surface area (Å²) >= 11 is 3.32. The minimum absolute atomic E-state index is 0.331. The molecule has 0 aromatic heterocycles. The summed E-state index contributed by atoms with van der Waals surface area (Å²) in [6.07, 6.45) is 2.89. The van der Waals surface area contributed by atoms with Gasteiger partial charge in [0.25, 0.3) is 0 Å². The van der Waals surface area contributed by atoms with E-state index in [9.17, 15) is 4.79 Å². The maximum Gasteiger partial charge on any atom is 0.337 e. The van der Waals surface area contributed by atoms with Crippen LogP contribution in [0.5, 0.6) is 0 Å². The molecular formula is C10H6BrNO2. The van der Waals surface area contributed by atoms with Crippen LogP contribution < -0.4 is 0 Å². The molecule has 0 spiro atoms. The van der Waals surface area contributed by atoms with Crippen molar-refractivity contribution in [2.45, 2.75) is 0 Å². The normalized spacial score (nSPS) is 17.5. The second-order valence-corrected chi connectivity index (χ2v) is 3.60. The molecule has 14 heavy (non-hydrogen) atoms. The van der Waals surface area contributed by atoms with E-state index in [1.165, 1.54) is 6.08 Å². The Bertz CT molecular complexity index is 420. The van der Waals surface area contributed by atoms with Gasteiger partial charge < -0.3 is 4.74 Å². The number of esters is 1. The molecular weight excluding hydrogens is 246 g/mol. The summed E-state index contributed by atoms with van der Waals surface area (Å²) in [5.41, 5.74) is 0.752. The van der Waals surface area contributed by atoms with Crippen molar-refractivity contribution in [2.24, 2.45) is 4.99 Å². The lowest BCUT2D eigenvalue weighted by molar-refractivity contribution is -0.129. The zero-order chi connectivity index (χ0) is 9.97. The van der Waals surface area contributed by atoms with Gasteiger partial charge in [-0.3, -0.25) is 0 Å². The van der Waals surface area contributed by atoms with E-state index in [2.05, 4.69) is 20.9 Å². The summed E-state index contributed by atoms with van der Waals surface area (Å²) < 4.78 is 5.77. The van der Waals surface area contributed by atoms with Gasteiger partial charge in [0.05, 0.1) is 5.69 Å². The molecule has 1 aromatic carbocycles. The Morgan fingerprint density at radius 2 is 1.86 bits per heavy atom. The molecule has 70 valence electrons. The Kier molecular flexibility index (Phi) is 2.45. The largest absolute Gasteiger partial charge is 0.404 e. The molecule has 1 aliphatic heterocycles. The van der Waals surface area contributed by atoms with Gasteiger partial charge in [-0.05, 0) is 24.3 Å². The van der Waals surface area contributed by atoms with Gasteiger partial charge in [0.15, 0.2) is 0 Å². The zero-order valence-corrected chi connectivity index (χ0v) is 8.69. The van der Waals surface area contributed by atoms with Crippen molar-refractivity contribution in [3.05, 3.63) is 40.9 Å². The first-order chi connectivity index (χ1) is 6.74. The third kappa shape index (κ3) is 2.09. The number of nitrogens with zero attached hydrogens (tertiary/aromatic N) is 1. The Balaban J connectivity index is 2.22. The van der Waals surface area contributed by atoms with Crippen LogP contribution in [0.15, 0.2) is 45.9 Å². The third-order valence-corrected chi connectivity index (χ3v) is 2.16. The lowest BCUT2D eigenvalue weighted by Gasteiger charge is -1.96. The third-order valence-electron chi connectivity index (χ3n) is 1.63. The Labute approximate surface area is 89.2 Å². The van der Waals surface area contributed by atoms with Gasteiger partial charge in [-0.1, -0.05) is 15.9 Å². The average Bonchev–Trinajstić information content (AvgIpc) is 2.56. The van der Waals surface area contributed by atoms with Gasteiger partial charge in [0.2, 0.25) is 5.90 Å². The summed E-state index contributed by atoms with van der Waals surface area (Å²) in [5, 5.41) is 0. The quantitative estimate of drug-likeness (QED) is 0.720. The van der Waals surface area contributed by atoms with Crippen LogP contribution in [-0.4, -0.2) is 11.9 Å². The van der Waals surface area contributed by atoms with Gasteiger partial charge in [0.1, 0.15) is 0 Å². The molecule has 0 saturated heterocycles. The van der Waals surface area contributed by atoms with Crippen LogP contribution in [0.25, 0.3) is 0 Å². The monoisotopic (exact) mass is 251 g/mol. The second-order valence-electron chi connectivity index (χ2n) is 2.68. The van der Waals surface area contributed by atoms with E-state index in [-0.39, 0.29) is 5.97 Å². The number of cyclic esters (lactones) is 1. The highest BCUT2D eigenvalue weighted by atomic mass is 79.9. The van der Waals surface area contributed by atoms with Crippen molar-refractivity contribution in [2.75, 3.05) is 0 Å². The van der Waals surface area contributed by atoms with Crippen LogP contribution in [0.2, 0.25) is 0 Å². The smallest absolute Gasteiger partial charge is 0.337 e. The Hall–Kier alpha value is -1.42. The first-order valence-electron chi connectivity index (χ1n) is 3.98. The van der Waals surface area contributed by atoms with Crippen molar-refractivity contribution >= 4 is 33.5 Å². The predicted molar refractivity (Wildman–Crippen MR) is 56.5 cm³/mol. The van der Waals surface area contributed by atoms with Crippen molar-refractivity contribution in [3.63, 3.8) is 0 Å². The number of ether oxygens (including phenoxy) is 1. The molecule has 0 atom stereocenters. The van der Waals surface area contributed by atoms with Crippen LogP contribution in [-0.2, 0) is 9.53 Å². The SMILES string of the molecule is O=C1C=CC(=Nc2ccc(Br)cc2)O1. The van der Waals surface area contributed by atoms with Crippen LogP contribution in [0, 0.1) is 0 Å². The highest BCUT2D eigenvalue weighted by molar-refractivity contribution is 9.10. The van der Waals surface area contributed by atoms with E-state index in [4.69, 9.17) is 4.74 Å². The molecule has 4 heteroatoms. The van der Waals surface area contributed by atoms with E-state index in [1.54, 1.807) is 6.08 Å². The summed E-state index contributed by atoms with van der Waals surface area (Å²) in [4.78, 5) is 14.8.